The third-order valence-corrected chi connectivity index (χ3v) is 4.44. The van der Waals surface area contributed by atoms with Gasteiger partial charge in [0.25, 0.3) is 0 Å². The van der Waals surface area contributed by atoms with Gasteiger partial charge >= 0.3 is 5.97 Å². The standard InChI is InChI=1S/C13H20BrNO2S/c1-4-5-6-11(13(16)17-3)15(2)8-10-7-12(14)18-9-10/h7,9,11H,4-6,8H2,1-3H3. The lowest BCUT2D eigenvalue weighted by Gasteiger charge is -2.25. The lowest BCUT2D eigenvalue weighted by molar-refractivity contribution is -0.147. The van der Waals surface area contributed by atoms with Crippen LogP contribution >= 0.6 is 27.3 Å². The van der Waals surface area contributed by atoms with Gasteiger partial charge in [-0.15, -0.1) is 11.3 Å². The lowest BCUT2D eigenvalue weighted by atomic mass is 10.1. The number of carbonyl (C=O) groups is 1. The van der Waals surface area contributed by atoms with Crippen molar-refractivity contribution in [2.75, 3.05) is 14.2 Å². The highest BCUT2D eigenvalue weighted by atomic mass is 79.9. The van der Waals surface area contributed by atoms with Gasteiger partial charge in [-0.05, 0) is 46.4 Å². The summed E-state index contributed by atoms with van der Waals surface area (Å²) < 4.78 is 6.01. The number of hydrogen-bond donors (Lipinski definition) is 0. The number of rotatable bonds is 7. The van der Waals surface area contributed by atoms with Gasteiger partial charge in [0.2, 0.25) is 0 Å². The fourth-order valence-electron chi connectivity index (χ4n) is 1.88. The maximum Gasteiger partial charge on any atom is 0.323 e. The zero-order valence-electron chi connectivity index (χ0n) is 11.1. The van der Waals surface area contributed by atoms with Crippen molar-refractivity contribution >= 4 is 33.2 Å². The lowest BCUT2D eigenvalue weighted by Crippen LogP contribution is -2.38. The van der Waals surface area contributed by atoms with Gasteiger partial charge in [-0.2, -0.15) is 0 Å². The first-order valence-corrected chi connectivity index (χ1v) is 7.76. The second kappa shape index (κ2) is 7.92. The quantitative estimate of drug-likeness (QED) is 0.713. The topological polar surface area (TPSA) is 29.5 Å². The van der Waals surface area contributed by atoms with Crippen LogP contribution in [0.1, 0.15) is 31.7 Å². The zero-order chi connectivity index (χ0) is 13.5. The van der Waals surface area contributed by atoms with E-state index in [1.165, 1.54) is 12.7 Å². The van der Waals surface area contributed by atoms with Crippen LogP contribution in [0.2, 0.25) is 0 Å². The Bertz CT molecular complexity index is 381. The van der Waals surface area contributed by atoms with Crippen LogP contribution in [-0.2, 0) is 16.1 Å². The number of hydrogen-bond acceptors (Lipinski definition) is 4. The molecule has 0 aliphatic rings. The van der Waals surface area contributed by atoms with Crippen LogP contribution in [0.3, 0.4) is 0 Å². The number of nitrogens with zero attached hydrogens (tertiary/aromatic N) is 1. The Morgan fingerprint density at radius 1 is 1.61 bits per heavy atom. The third-order valence-electron chi connectivity index (χ3n) is 2.89. The molecule has 1 aromatic heterocycles. The molecule has 0 amide bonds. The van der Waals surface area contributed by atoms with Crippen molar-refractivity contribution in [3.8, 4) is 0 Å². The smallest absolute Gasteiger partial charge is 0.323 e. The number of thiophene rings is 1. The van der Waals surface area contributed by atoms with Crippen LogP contribution < -0.4 is 0 Å². The molecule has 0 spiro atoms. The molecule has 1 heterocycles. The molecule has 0 aliphatic carbocycles. The number of esters is 1. The monoisotopic (exact) mass is 333 g/mol. The van der Waals surface area contributed by atoms with Crippen molar-refractivity contribution < 1.29 is 9.53 Å². The van der Waals surface area contributed by atoms with E-state index in [9.17, 15) is 4.79 Å². The Morgan fingerprint density at radius 2 is 2.33 bits per heavy atom. The Morgan fingerprint density at radius 3 is 2.83 bits per heavy atom. The molecule has 0 N–H and O–H groups in total. The first kappa shape index (κ1) is 15.7. The molecule has 0 aliphatic heterocycles. The summed E-state index contributed by atoms with van der Waals surface area (Å²) in [5.41, 5.74) is 1.22. The van der Waals surface area contributed by atoms with E-state index in [4.69, 9.17) is 4.74 Å². The zero-order valence-corrected chi connectivity index (χ0v) is 13.5. The van der Waals surface area contributed by atoms with E-state index in [-0.39, 0.29) is 12.0 Å². The second-order valence-corrected chi connectivity index (χ2v) is 6.65. The predicted molar refractivity (Wildman–Crippen MR) is 78.8 cm³/mol. The van der Waals surface area contributed by atoms with Crippen LogP contribution in [-0.4, -0.2) is 31.1 Å². The van der Waals surface area contributed by atoms with Crippen molar-refractivity contribution in [3.05, 3.63) is 20.8 Å². The Balaban J connectivity index is 2.63. The maximum absolute atomic E-state index is 11.8. The van der Waals surface area contributed by atoms with Crippen LogP contribution in [0, 0.1) is 0 Å². The average molecular weight is 334 g/mol. The summed E-state index contributed by atoms with van der Waals surface area (Å²) in [6, 6.07) is 1.95. The second-order valence-electron chi connectivity index (χ2n) is 4.36. The number of unbranched alkanes of at least 4 members (excludes halogenated alkanes) is 1. The minimum absolute atomic E-state index is 0.139. The van der Waals surface area contributed by atoms with Crippen molar-refractivity contribution in [2.45, 2.75) is 38.8 Å². The largest absolute Gasteiger partial charge is 0.468 e. The van der Waals surface area contributed by atoms with Gasteiger partial charge in [0, 0.05) is 6.54 Å². The summed E-state index contributed by atoms with van der Waals surface area (Å²) in [6.07, 6.45) is 2.98. The van der Waals surface area contributed by atoms with Crippen molar-refractivity contribution in [1.29, 1.82) is 0 Å². The van der Waals surface area contributed by atoms with Crippen molar-refractivity contribution in [2.24, 2.45) is 0 Å². The first-order valence-electron chi connectivity index (χ1n) is 6.09. The molecule has 102 valence electrons. The van der Waals surface area contributed by atoms with E-state index < -0.39 is 0 Å². The molecule has 0 aromatic carbocycles. The third kappa shape index (κ3) is 4.71. The first-order chi connectivity index (χ1) is 8.58. The van der Waals surface area contributed by atoms with Crippen molar-refractivity contribution in [1.82, 2.24) is 4.90 Å². The number of carbonyl (C=O) groups excluding carboxylic acids is 1. The molecule has 0 saturated carbocycles. The fraction of sp³-hybridized carbons (Fsp3) is 0.615. The SMILES string of the molecule is CCCCC(C(=O)OC)N(C)Cc1csc(Br)c1. The molecular formula is C13H20BrNO2S. The number of methoxy groups -OCH3 is 1. The molecular weight excluding hydrogens is 314 g/mol. The number of likely N-dealkylation sites (N-methyl/N-ethyl adjacent to an activating group) is 1. The number of ether oxygens (including phenoxy) is 1. The highest BCUT2D eigenvalue weighted by Gasteiger charge is 2.23. The summed E-state index contributed by atoms with van der Waals surface area (Å²) in [7, 11) is 3.43. The highest BCUT2D eigenvalue weighted by molar-refractivity contribution is 9.11. The van der Waals surface area contributed by atoms with Crippen LogP contribution in [0.15, 0.2) is 15.2 Å². The van der Waals surface area contributed by atoms with E-state index in [0.717, 1.165) is 29.6 Å². The van der Waals surface area contributed by atoms with Gasteiger partial charge in [-0.3, -0.25) is 9.69 Å². The Kier molecular flexibility index (Phi) is 6.89. The summed E-state index contributed by atoms with van der Waals surface area (Å²) in [6.45, 7) is 2.90. The van der Waals surface area contributed by atoms with Gasteiger partial charge in [0.1, 0.15) is 6.04 Å². The highest BCUT2D eigenvalue weighted by Crippen LogP contribution is 2.22. The predicted octanol–water partition coefficient (Wildman–Crippen LogP) is 3.67. The fourth-order valence-corrected chi connectivity index (χ4v) is 3.08. The molecule has 1 unspecified atom stereocenters. The number of halogens is 1. The van der Waals surface area contributed by atoms with Crippen molar-refractivity contribution in [3.63, 3.8) is 0 Å². The summed E-state index contributed by atoms with van der Waals surface area (Å²) in [5, 5.41) is 2.11. The average Bonchev–Trinajstić information content (AvgIpc) is 2.74. The van der Waals surface area contributed by atoms with Crippen LogP contribution in [0.25, 0.3) is 0 Å². The van der Waals surface area contributed by atoms with Gasteiger partial charge in [0.15, 0.2) is 0 Å². The van der Waals surface area contributed by atoms with Crippen LogP contribution in [0.4, 0.5) is 0 Å². The molecule has 18 heavy (non-hydrogen) atoms. The Hall–Kier alpha value is -0.390. The molecule has 0 bridgehead atoms. The van der Waals surface area contributed by atoms with E-state index in [1.807, 2.05) is 7.05 Å². The van der Waals surface area contributed by atoms with Gasteiger partial charge < -0.3 is 4.74 Å². The minimum atomic E-state index is -0.145. The molecule has 5 heteroatoms. The Labute approximate surface area is 121 Å². The molecule has 1 rings (SSSR count). The van der Waals surface area contributed by atoms with Gasteiger partial charge in [-0.25, -0.2) is 0 Å². The normalized spacial score (nSPS) is 12.7. The van der Waals surface area contributed by atoms with Crippen LogP contribution in [0.5, 0.6) is 0 Å². The van der Waals surface area contributed by atoms with E-state index in [2.05, 4.69) is 39.2 Å². The minimum Gasteiger partial charge on any atom is -0.468 e. The molecule has 3 nitrogen and oxygen atoms in total. The summed E-state index contributed by atoms with van der Waals surface area (Å²) in [4.78, 5) is 13.8. The van der Waals surface area contributed by atoms with E-state index in [0.29, 0.717) is 0 Å². The van der Waals surface area contributed by atoms with Gasteiger partial charge in [-0.1, -0.05) is 19.8 Å². The molecule has 0 fully saturated rings. The summed E-state index contributed by atoms with van der Waals surface area (Å²) >= 11 is 5.12. The van der Waals surface area contributed by atoms with Gasteiger partial charge in [0.05, 0.1) is 10.9 Å². The van der Waals surface area contributed by atoms with E-state index in [1.54, 1.807) is 11.3 Å². The molecule has 0 radical (unpaired) electrons. The molecule has 0 saturated heterocycles. The summed E-state index contributed by atoms with van der Waals surface area (Å²) in [5.74, 6) is -0.139. The van der Waals surface area contributed by atoms with E-state index >= 15 is 0 Å². The molecule has 1 atom stereocenters. The molecule has 1 aromatic rings. The maximum atomic E-state index is 11.8.